The lowest BCUT2D eigenvalue weighted by Gasteiger charge is -2.69. The first-order chi connectivity index (χ1) is 15.5. The van der Waals surface area contributed by atoms with E-state index in [2.05, 4.69) is 27.7 Å². The summed E-state index contributed by atoms with van der Waals surface area (Å²) in [5, 5.41) is 0. The first kappa shape index (κ1) is 22.2. The molecule has 1 spiro atoms. The fourth-order valence-corrected chi connectivity index (χ4v) is 11.0. The fraction of sp³-hybridized carbons (Fsp3) is 0.862. The maximum Gasteiger partial charge on any atom is 0.335 e. The van der Waals surface area contributed by atoms with E-state index in [1.165, 1.54) is 51.0 Å². The summed E-state index contributed by atoms with van der Waals surface area (Å²) in [5.74, 6) is 2.16. The third-order valence-corrected chi connectivity index (χ3v) is 12.4. The van der Waals surface area contributed by atoms with Crippen LogP contribution in [0.25, 0.3) is 0 Å². The van der Waals surface area contributed by atoms with E-state index >= 15 is 0 Å². The van der Waals surface area contributed by atoms with Gasteiger partial charge in [-0.3, -0.25) is 4.79 Å². The van der Waals surface area contributed by atoms with Crippen molar-refractivity contribution in [2.45, 2.75) is 112 Å². The molecule has 0 unspecified atom stereocenters. The highest BCUT2D eigenvalue weighted by Gasteiger charge is 2.72. The van der Waals surface area contributed by atoms with Gasteiger partial charge in [0.15, 0.2) is 0 Å². The average molecular weight is 455 g/mol. The van der Waals surface area contributed by atoms with Gasteiger partial charge >= 0.3 is 11.9 Å². The molecule has 6 rings (SSSR count). The van der Waals surface area contributed by atoms with Crippen LogP contribution in [-0.4, -0.2) is 24.1 Å². The SMILES string of the molecule is CC(=O)O[C@H]1C[C@@H]2[C@@]3(C)CCC[C@@]4(C[C@@H]4C)[C@@H]3CC[C@@]2(C)[C@@H]2CCC3=C(C(=O)O[C@@H]3C)[C@@]12C. The van der Waals surface area contributed by atoms with Crippen molar-refractivity contribution in [3.63, 3.8) is 0 Å². The van der Waals surface area contributed by atoms with E-state index in [9.17, 15) is 9.59 Å². The van der Waals surface area contributed by atoms with Crippen molar-refractivity contribution >= 4 is 11.9 Å². The quantitative estimate of drug-likeness (QED) is 0.441. The molecule has 0 saturated heterocycles. The second-order valence-electron chi connectivity index (χ2n) is 13.5. The van der Waals surface area contributed by atoms with Gasteiger partial charge in [-0.25, -0.2) is 4.79 Å². The maximum atomic E-state index is 13.2. The number of carbonyl (C=O) groups excluding carboxylic acids is 2. The Balaban J connectivity index is 1.47. The standard InChI is InChI=1S/C29H42O4/c1-16-15-29(16)12-7-11-26(4)21(29)10-13-27(5)20-9-8-19-17(2)32-25(31)24(19)28(20,6)23(14-22(26)27)33-18(3)30/h16-17,20-23H,7-15H2,1-6H3/t16-,17+,20-,21+,22+,23-,26-,27-,28+,29-/m0/s1. The molecule has 0 amide bonds. The zero-order chi connectivity index (χ0) is 23.6. The van der Waals surface area contributed by atoms with Crippen LogP contribution < -0.4 is 0 Å². The van der Waals surface area contributed by atoms with E-state index in [1.807, 2.05) is 6.92 Å². The number of ether oxygens (including phenoxy) is 2. The molecular weight excluding hydrogens is 412 g/mol. The lowest BCUT2D eigenvalue weighted by atomic mass is 9.35. The molecule has 0 aromatic rings. The highest BCUT2D eigenvalue weighted by molar-refractivity contribution is 5.94. The number of fused-ring (bicyclic) bond motifs is 7. The van der Waals surface area contributed by atoms with Crippen molar-refractivity contribution in [3.05, 3.63) is 11.1 Å². The van der Waals surface area contributed by atoms with E-state index in [0.717, 1.165) is 36.7 Å². The molecule has 4 fully saturated rings. The van der Waals surface area contributed by atoms with Crippen LogP contribution in [0, 0.1) is 45.3 Å². The Morgan fingerprint density at radius 2 is 1.70 bits per heavy atom. The zero-order valence-corrected chi connectivity index (χ0v) is 21.5. The molecule has 0 radical (unpaired) electrons. The minimum absolute atomic E-state index is 0.142. The Kier molecular flexibility index (Phi) is 4.48. The topological polar surface area (TPSA) is 52.6 Å². The number of esters is 2. The highest BCUT2D eigenvalue weighted by Crippen LogP contribution is 2.78. The maximum absolute atomic E-state index is 13.2. The third kappa shape index (κ3) is 2.59. The molecule has 5 aliphatic carbocycles. The summed E-state index contributed by atoms with van der Waals surface area (Å²) in [4.78, 5) is 25.5. The molecule has 1 heterocycles. The second kappa shape index (κ2) is 6.66. The minimum Gasteiger partial charge on any atom is -0.462 e. The van der Waals surface area contributed by atoms with E-state index in [4.69, 9.17) is 9.47 Å². The Morgan fingerprint density at radius 1 is 1.00 bits per heavy atom. The van der Waals surface area contributed by atoms with Crippen molar-refractivity contribution in [1.29, 1.82) is 0 Å². The van der Waals surface area contributed by atoms with Crippen LogP contribution in [0.2, 0.25) is 0 Å². The zero-order valence-electron chi connectivity index (χ0n) is 21.5. The smallest absolute Gasteiger partial charge is 0.335 e. The van der Waals surface area contributed by atoms with Gasteiger partial charge < -0.3 is 9.47 Å². The fourth-order valence-electron chi connectivity index (χ4n) is 11.0. The van der Waals surface area contributed by atoms with Gasteiger partial charge in [-0.05, 0) is 104 Å². The molecule has 0 aromatic carbocycles. The first-order valence-electron chi connectivity index (χ1n) is 13.6. The van der Waals surface area contributed by atoms with Crippen LogP contribution in [0.3, 0.4) is 0 Å². The lowest BCUT2D eigenvalue weighted by Crippen LogP contribution is -2.65. The molecule has 0 N–H and O–H groups in total. The van der Waals surface area contributed by atoms with Gasteiger partial charge in [0.05, 0.1) is 0 Å². The predicted molar refractivity (Wildman–Crippen MR) is 126 cm³/mol. The molecule has 33 heavy (non-hydrogen) atoms. The van der Waals surface area contributed by atoms with Gasteiger partial charge in [0.25, 0.3) is 0 Å². The van der Waals surface area contributed by atoms with Crippen LogP contribution >= 0.6 is 0 Å². The number of hydrogen-bond acceptors (Lipinski definition) is 4. The van der Waals surface area contributed by atoms with Crippen LogP contribution in [0.5, 0.6) is 0 Å². The Hall–Kier alpha value is -1.32. The Labute approximate surface area is 199 Å². The van der Waals surface area contributed by atoms with E-state index < -0.39 is 5.41 Å². The molecule has 4 nitrogen and oxygen atoms in total. The molecule has 0 aromatic heterocycles. The van der Waals surface area contributed by atoms with Gasteiger partial charge in [-0.15, -0.1) is 0 Å². The monoisotopic (exact) mass is 454 g/mol. The second-order valence-corrected chi connectivity index (χ2v) is 13.5. The number of rotatable bonds is 1. The summed E-state index contributed by atoms with van der Waals surface area (Å²) in [6.45, 7) is 13.4. The van der Waals surface area contributed by atoms with E-state index in [-0.39, 0.29) is 29.6 Å². The molecular formula is C29H42O4. The summed E-state index contributed by atoms with van der Waals surface area (Å²) < 4.78 is 11.9. The predicted octanol–water partition coefficient (Wildman–Crippen LogP) is 6.23. The third-order valence-electron chi connectivity index (χ3n) is 12.4. The van der Waals surface area contributed by atoms with Gasteiger partial charge in [0.2, 0.25) is 0 Å². The lowest BCUT2D eigenvalue weighted by molar-refractivity contribution is -0.221. The Bertz CT molecular complexity index is 951. The summed E-state index contributed by atoms with van der Waals surface area (Å²) >= 11 is 0. The van der Waals surface area contributed by atoms with Crippen LogP contribution in [0.1, 0.15) is 99.3 Å². The van der Waals surface area contributed by atoms with Crippen LogP contribution in [0.4, 0.5) is 0 Å². The first-order valence-corrected chi connectivity index (χ1v) is 13.6. The summed E-state index contributed by atoms with van der Waals surface area (Å²) in [7, 11) is 0. The molecule has 0 bridgehead atoms. The van der Waals surface area contributed by atoms with Gasteiger partial charge in [-0.1, -0.05) is 34.1 Å². The van der Waals surface area contributed by atoms with Gasteiger partial charge in [-0.2, -0.15) is 0 Å². The van der Waals surface area contributed by atoms with Crippen LogP contribution in [-0.2, 0) is 19.1 Å². The summed E-state index contributed by atoms with van der Waals surface area (Å²) in [6, 6.07) is 0. The van der Waals surface area contributed by atoms with Crippen molar-refractivity contribution in [2.75, 3.05) is 0 Å². The van der Waals surface area contributed by atoms with E-state index in [0.29, 0.717) is 22.7 Å². The minimum atomic E-state index is -0.450. The highest BCUT2D eigenvalue weighted by atomic mass is 16.6. The van der Waals surface area contributed by atoms with Crippen molar-refractivity contribution < 1.29 is 19.1 Å². The van der Waals surface area contributed by atoms with Crippen molar-refractivity contribution in [3.8, 4) is 0 Å². The summed E-state index contributed by atoms with van der Waals surface area (Å²) in [5.41, 5.74) is 2.61. The van der Waals surface area contributed by atoms with Crippen molar-refractivity contribution in [2.24, 2.45) is 45.3 Å². The summed E-state index contributed by atoms with van der Waals surface area (Å²) in [6.07, 6.45) is 10.5. The number of hydrogen-bond donors (Lipinski definition) is 0. The number of cyclic esters (lactones) is 1. The largest absolute Gasteiger partial charge is 0.462 e. The number of carbonyl (C=O) groups is 2. The molecule has 4 saturated carbocycles. The molecule has 182 valence electrons. The normalized spacial score (nSPS) is 54.7. The Morgan fingerprint density at radius 3 is 2.36 bits per heavy atom. The average Bonchev–Trinajstić information content (AvgIpc) is 3.25. The molecule has 4 heteroatoms. The van der Waals surface area contributed by atoms with Crippen molar-refractivity contribution in [1.82, 2.24) is 0 Å². The molecule has 1 aliphatic heterocycles. The van der Waals surface area contributed by atoms with Gasteiger partial charge in [0.1, 0.15) is 12.2 Å². The molecule has 10 atom stereocenters. The van der Waals surface area contributed by atoms with Gasteiger partial charge in [0, 0.05) is 17.9 Å². The molecule has 6 aliphatic rings. The van der Waals surface area contributed by atoms with Crippen LogP contribution in [0.15, 0.2) is 11.1 Å². The van der Waals surface area contributed by atoms with E-state index in [1.54, 1.807) is 0 Å².